The number of aryl methyl sites for hydroxylation is 2. The normalized spacial score (nSPS) is 13.8. The van der Waals surface area contributed by atoms with Crippen molar-refractivity contribution in [2.45, 2.75) is 13.8 Å². The van der Waals surface area contributed by atoms with Crippen molar-refractivity contribution < 1.29 is 23.8 Å². The van der Waals surface area contributed by atoms with E-state index < -0.39 is 0 Å². The van der Waals surface area contributed by atoms with Crippen LogP contribution in [0.2, 0.25) is 0 Å². The SMILES string of the molecule is COc1ccc(C(=O)COc2cc(C)c3c(c2)O/C(=C\c2sccc2C)C3=O)cc1. The molecular formula is C24H20O5S. The fourth-order valence-electron chi connectivity index (χ4n) is 3.22. The highest BCUT2D eigenvalue weighted by atomic mass is 32.1. The van der Waals surface area contributed by atoms with Crippen molar-refractivity contribution in [2.24, 2.45) is 0 Å². The van der Waals surface area contributed by atoms with Crippen molar-refractivity contribution in [1.29, 1.82) is 0 Å². The van der Waals surface area contributed by atoms with Gasteiger partial charge in [-0.1, -0.05) is 0 Å². The van der Waals surface area contributed by atoms with Crippen molar-refractivity contribution in [3.05, 3.63) is 80.7 Å². The van der Waals surface area contributed by atoms with Crippen molar-refractivity contribution in [3.63, 3.8) is 0 Å². The number of carbonyl (C=O) groups excluding carboxylic acids is 2. The van der Waals surface area contributed by atoms with E-state index in [2.05, 4.69) is 0 Å². The van der Waals surface area contributed by atoms with Gasteiger partial charge in [0, 0.05) is 22.6 Å². The Morgan fingerprint density at radius 1 is 1.07 bits per heavy atom. The van der Waals surface area contributed by atoms with Gasteiger partial charge in [-0.05, 0) is 66.8 Å². The van der Waals surface area contributed by atoms with E-state index in [1.807, 2.05) is 25.3 Å². The number of hydrogen-bond donors (Lipinski definition) is 0. The zero-order valence-corrected chi connectivity index (χ0v) is 17.7. The van der Waals surface area contributed by atoms with E-state index in [0.29, 0.717) is 34.1 Å². The number of carbonyl (C=O) groups is 2. The number of ether oxygens (including phenoxy) is 3. The van der Waals surface area contributed by atoms with E-state index in [-0.39, 0.29) is 18.2 Å². The Morgan fingerprint density at radius 2 is 1.83 bits per heavy atom. The second-order valence-corrected chi connectivity index (χ2v) is 7.91. The molecule has 3 aromatic rings. The van der Waals surface area contributed by atoms with Crippen LogP contribution >= 0.6 is 11.3 Å². The predicted octanol–water partition coefficient (Wildman–Crippen LogP) is 5.25. The lowest BCUT2D eigenvalue weighted by molar-refractivity contribution is 0.0920. The van der Waals surface area contributed by atoms with Crippen molar-refractivity contribution in [3.8, 4) is 17.2 Å². The highest BCUT2D eigenvalue weighted by Crippen LogP contribution is 2.38. The quantitative estimate of drug-likeness (QED) is 0.403. The number of fused-ring (bicyclic) bond motifs is 1. The molecule has 0 aliphatic carbocycles. The van der Waals surface area contributed by atoms with Gasteiger partial charge in [0.05, 0.1) is 12.7 Å². The fourth-order valence-corrected chi connectivity index (χ4v) is 4.07. The minimum absolute atomic E-state index is 0.115. The highest BCUT2D eigenvalue weighted by molar-refractivity contribution is 7.11. The average molecular weight is 420 g/mol. The molecular weight excluding hydrogens is 400 g/mol. The van der Waals surface area contributed by atoms with Gasteiger partial charge in [-0.15, -0.1) is 11.3 Å². The summed E-state index contributed by atoms with van der Waals surface area (Å²) in [7, 11) is 1.57. The molecule has 0 unspecified atom stereocenters. The lowest BCUT2D eigenvalue weighted by Gasteiger charge is -2.09. The molecule has 0 amide bonds. The summed E-state index contributed by atoms with van der Waals surface area (Å²) >= 11 is 1.56. The Labute approximate surface area is 178 Å². The third-order valence-corrected chi connectivity index (χ3v) is 5.86. The second kappa shape index (κ2) is 8.16. The van der Waals surface area contributed by atoms with E-state index in [4.69, 9.17) is 14.2 Å². The Morgan fingerprint density at radius 3 is 2.50 bits per heavy atom. The number of rotatable bonds is 6. The second-order valence-electron chi connectivity index (χ2n) is 6.96. The summed E-state index contributed by atoms with van der Waals surface area (Å²) in [6, 6.07) is 12.3. The number of allylic oxidation sites excluding steroid dienone is 1. The number of Topliss-reactive ketones (excluding diaryl/α,β-unsaturated/α-hetero) is 2. The molecule has 0 radical (unpaired) electrons. The van der Waals surface area contributed by atoms with Crippen LogP contribution in [-0.2, 0) is 0 Å². The molecule has 1 aromatic heterocycles. The smallest absolute Gasteiger partial charge is 0.232 e. The summed E-state index contributed by atoms with van der Waals surface area (Å²) in [5.41, 5.74) is 2.91. The van der Waals surface area contributed by atoms with E-state index in [9.17, 15) is 9.59 Å². The largest absolute Gasteiger partial charge is 0.497 e. The van der Waals surface area contributed by atoms with E-state index in [0.717, 1.165) is 16.0 Å². The van der Waals surface area contributed by atoms with Crippen LogP contribution in [0.1, 0.15) is 36.7 Å². The zero-order valence-electron chi connectivity index (χ0n) is 16.9. The number of ketones is 2. The minimum Gasteiger partial charge on any atom is -0.497 e. The molecule has 0 fully saturated rings. The highest BCUT2D eigenvalue weighted by Gasteiger charge is 2.30. The van der Waals surface area contributed by atoms with Crippen LogP contribution < -0.4 is 14.2 Å². The van der Waals surface area contributed by atoms with Crippen molar-refractivity contribution in [2.75, 3.05) is 13.7 Å². The molecule has 0 spiro atoms. The van der Waals surface area contributed by atoms with Gasteiger partial charge in [-0.25, -0.2) is 0 Å². The summed E-state index contributed by atoms with van der Waals surface area (Å²) in [6.07, 6.45) is 1.77. The minimum atomic E-state index is -0.151. The van der Waals surface area contributed by atoms with Gasteiger partial charge >= 0.3 is 0 Å². The Balaban J connectivity index is 1.50. The maximum absolute atomic E-state index is 12.8. The summed E-state index contributed by atoms with van der Waals surface area (Å²) in [6.45, 7) is 3.71. The van der Waals surface area contributed by atoms with E-state index in [1.165, 1.54) is 0 Å². The monoisotopic (exact) mass is 420 g/mol. The van der Waals surface area contributed by atoms with Crippen molar-refractivity contribution >= 4 is 29.0 Å². The Hall–Kier alpha value is -3.38. The summed E-state index contributed by atoms with van der Waals surface area (Å²) in [4.78, 5) is 26.2. The summed E-state index contributed by atoms with van der Waals surface area (Å²) in [5, 5.41) is 1.98. The molecule has 0 saturated heterocycles. The molecule has 2 heterocycles. The van der Waals surface area contributed by atoms with E-state index >= 15 is 0 Å². The van der Waals surface area contributed by atoms with Gasteiger partial charge in [0.25, 0.3) is 0 Å². The average Bonchev–Trinajstić information content (AvgIpc) is 3.29. The maximum atomic E-state index is 12.8. The molecule has 0 saturated carbocycles. The van der Waals surface area contributed by atoms with Gasteiger partial charge in [0.1, 0.15) is 17.2 Å². The lowest BCUT2D eigenvalue weighted by atomic mass is 10.0. The lowest BCUT2D eigenvalue weighted by Crippen LogP contribution is -2.11. The molecule has 2 aromatic carbocycles. The van der Waals surface area contributed by atoms with E-state index in [1.54, 1.807) is 60.9 Å². The van der Waals surface area contributed by atoms with Crippen LogP contribution in [0.15, 0.2) is 53.6 Å². The molecule has 5 nitrogen and oxygen atoms in total. The predicted molar refractivity (Wildman–Crippen MR) is 116 cm³/mol. The third-order valence-electron chi connectivity index (χ3n) is 4.89. The number of hydrogen-bond acceptors (Lipinski definition) is 6. The van der Waals surface area contributed by atoms with Crippen LogP contribution in [0.25, 0.3) is 6.08 Å². The first kappa shape index (κ1) is 19.9. The number of methoxy groups -OCH3 is 1. The fraction of sp³-hybridized carbons (Fsp3) is 0.167. The van der Waals surface area contributed by atoms with Crippen LogP contribution in [0.4, 0.5) is 0 Å². The van der Waals surface area contributed by atoms with Crippen LogP contribution in [0.5, 0.6) is 17.2 Å². The van der Waals surface area contributed by atoms with Crippen LogP contribution in [0.3, 0.4) is 0 Å². The first-order valence-corrected chi connectivity index (χ1v) is 10.3. The number of thiophene rings is 1. The molecule has 1 aliphatic heterocycles. The molecule has 4 rings (SSSR count). The number of benzene rings is 2. The standard InChI is InChI=1S/C24H20O5S/c1-14-8-9-30-22(14)12-21-24(26)23-15(2)10-18(11-20(23)29-21)28-13-19(25)16-4-6-17(27-3)7-5-16/h4-12H,13H2,1-3H3/b21-12-. The van der Waals surface area contributed by atoms with Gasteiger partial charge in [-0.3, -0.25) is 9.59 Å². The first-order chi connectivity index (χ1) is 14.5. The molecule has 0 atom stereocenters. The molecule has 1 aliphatic rings. The molecule has 152 valence electrons. The zero-order chi connectivity index (χ0) is 21.3. The topological polar surface area (TPSA) is 61.8 Å². The molecule has 0 N–H and O–H groups in total. The Kier molecular flexibility index (Phi) is 5.42. The molecule has 0 bridgehead atoms. The van der Waals surface area contributed by atoms with Gasteiger partial charge < -0.3 is 14.2 Å². The molecule has 30 heavy (non-hydrogen) atoms. The maximum Gasteiger partial charge on any atom is 0.232 e. The third kappa shape index (κ3) is 3.86. The Bertz CT molecular complexity index is 1150. The van der Waals surface area contributed by atoms with Gasteiger partial charge in [-0.2, -0.15) is 0 Å². The van der Waals surface area contributed by atoms with Crippen LogP contribution in [-0.4, -0.2) is 25.3 Å². The van der Waals surface area contributed by atoms with Crippen molar-refractivity contribution in [1.82, 2.24) is 0 Å². The van der Waals surface area contributed by atoms with Gasteiger partial charge in [0.15, 0.2) is 18.1 Å². The first-order valence-electron chi connectivity index (χ1n) is 9.39. The van der Waals surface area contributed by atoms with Gasteiger partial charge in [0.2, 0.25) is 5.78 Å². The van der Waals surface area contributed by atoms with Crippen LogP contribution in [0, 0.1) is 13.8 Å². The summed E-state index contributed by atoms with van der Waals surface area (Å²) < 4.78 is 16.6. The summed E-state index contributed by atoms with van der Waals surface area (Å²) in [5.74, 6) is 1.62. The molecule has 6 heteroatoms.